The summed E-state index contributed by atoms with van der Waals surface area (Å²) in [5.74, 6) is 0.200. The van der Waals surface area contributed by atoms with E-state index in [0.29, 0.717) is 12.4 Å². The van der Waals surface area contributed by atoms with Crippen LogP contribution in [0.15, 0.2) is 29.2 Å². The summed E-state index contributed by atoms with van der Waals surface area (Å²) in [7, 11) is 0. The van der Waals surface area contributed by atoms with E-state index in [2.05, 4.69) is 6.92 Å². The Labute approximate surface area is 113 Å². The highest BCUT2D eigenvalue weighted by atomic mass is 32.2. The number of benzene rings is 1. The van der Waals surface area contributed by atoms with Crippen molar-refractivity contribution in [2.45, 2.75) is 37.6 Å². The molecule has 0 aliphatic heterocycles. The minimum absolute atomic E-state index is 0.0158. The summed E-state index contributed by atoms with van der Waals surface area (Å²) < 4.78 is 5.10. The molecule has 0 fully saturated rings. The van der Waals surface area contributed by atoms with Gasteiger partial charge in [0.1, 0.15) is 0 Å². The first-order valence-electron chi connectivity index (χ1n) is 6.27. The van der Waals surface area contributed by atoms with Crippen molar-refractivity contribution in [2.24, 2.45) is 5.73 Å². The molecule has 0 saturated heterocycles. The molecule has 0 radical (unpaired) electrons. The molecule has 2 N–H and O–H groups in total. The number of ether oxygens (including phenoxy) is 1. The van der Waals surface area contributed by atoms with E-state index in [1.165, 1.54) is 11.8 Å². The summed E-state index contributed by atoms with van der Waals surface area (Å²) in [4.78, 5) is 12.5. The number of nitrogens with two attached hydrogens (primary N) is 1. The lowest BCUT2D eigenvalue weighted by atomic mass is 10.1. The Hall–Kier alpha value is -1.00. The van der Waals surface area contributed by atoms with E-state index in [-0.39, 0.29) is 12.0 Å². The molecule has 0 spiro atoms. The standard InChI is InChI=1S/C14H21NO2S/c1-3-4-8-17-14(16)10-18-13-7-5-6-12(9-13)11(2)15/h5-7,9,11H,3-4,8,10,15H2,1-2H3. The Morgan fingerprint density at radius 2 is 2.28 bits per heavy atom. The molecule has 1 aromatic carbocycles. The van der Waals surface area contributed by atoms with Gasteiger partial charge in [0.15, 0.2) is 0 Å². The van der Waals surface area contributed by atoms with Gasteiger partial charge in [-0.25, -0.2) is 0 Å². The first-order chi connectivity index (χ1) is 8.63. The summed E-state index contributed by atoms with van der Waals surface area (Å²) in [6.07, 6.45) is 1.97. The predicted octanol–water partition coefficient (Wildman–Crippen LogP) is 3.14. The number of hydrogen-bond acceptors (Lipinski definition) is 4. The van der Waals surface area contributed by atoms with Gasteiger partial charge < -0.3 is 10.5 Å². The Kier molecular flexibility index (Phi) is 6.83. The van der Waals surface area contributed by atoms with Crippen LogP contribution in [-0.2, 0) is 9.53 Å². The minimum Gasteiger partial charge on any atom is -0.465 e. The molecule has 4 heteroatoms. The first-order valence-corrected chi connectivity index (χ1v) is 7.26. The van der Waals surface area contributed by atoms with Crippen LogP contribution in [0.1, 0.15) is 38.3 Å². The fourth-order valence-corrected chi connectivity index (χ4v) is 2.16. The third-order valence-corrected chi connectivity index (χ3v) is 3.47. The molecule has 0 aliphatic carbocycles. The van der Waals surface area contributed by atoms with Crippen LogP contribution in [0.2, 0.25) is 0 Å². The van der Waals surface area contributed by atoms with E-state index in [4.69, 9.17) is 10.5 Å². The van der Waals surface area contributed by atoms with Gasteiger partial charge in [-0.05, 0) is 31.0 Å². The maximum absolute atomic E-state index is 11.4. The Bertz CT molecular complexity index is 380. The first kappa shape index (κ1) is 15.1. The van der Waals surface area contributed by atoms with E-state index in [9.17, 15) is 4.79 Å². The minimum atomic E-state index is -0.153. The number of thioether (sulfide) groups is 1. The topological polar surface area (TPSA) is 52.3 Å². The number of carbonyl (C=O) groups is 1. The lowest BCUT2D eigenvalue weighted by molar-refractivity contribution is -0.140. The number of carbonyl (C=O) groups excluding carboxylic acids is 1. The molecule has 0 saturated carbocycles. The second-order valence-corrected chi connectivity index (χ2v) is 5.27. The summed E-state index contributed by atoms with van der Waals surface area (Å²) in [5, 5.41) is 0. The van der Waals surface area contributed by atoms with Crippen LogP contribution in [0, 0.1) is 0 Å². The molecule has 1 aromatic rings. The monoisotopic (exact) mass is 267 g/mol. The average Bonchev–Trinajstić information content (AvgIpc) is 2.37. The summed E-state index contributed by atoms with van der Waals surface area (Å²) in [5.41, 5.74) is 6.90. The molecular weight excluding hydrogens is 246 g/mol. The predicted molar refractivity (Wildman–Crippen MR) is 75.6 cm³/mol. The molecule has 1 unspecified atom stereocenters. The number of esters is 1. The third-order valence-electron chi connectivity index (χ3n) is 2.50. The van der Waals surface area contributed by atoms with E-state index in [1.807, 2.05) is 31.2 Å². The molecule has 0 aromatic heterocycles. The van der Waals surface area contributed by atoms with Crippen LogP contribution in [0.4, 0.5) is 0 Å². The highest BCUT2D eigenvalue weighted by Crippen LogP contribution is 2.21. The largest absolute Gasteiger partial charge is 0.465 e. The van der Waals surface area contributed by atoms with Gasteiger partial charge >= 0.3 is 5.97 Å². The second kappa shape index (κ2) is 8.16. The zero-order valence-corrected chi connectivity index (χ0v) is 11.8. The van der Waals surface area contributed by atoms with Gasteiger partial charge in [-0.2, -0.15) is 0 Å². The number of rotatable bonds is 7. The van der Waals surface area contributed by atoms with Crippen LogP contribution in [0.3, 0.4) is 0 Å². The summed E-state index contributed by atoms with van der Waals surface area (Å²) in [6.45, 7) is 4.54. The lowest BCUT2D eigenvalue weighted by Crippen LogP contribution is -2.08. The maximum atomic E-state index is 11.4. The zero-order chi connectivity index (χ0) is 13.4. The smallest absolute Gasteiger partial charge is 0.316 e. The molecule has 3 nitrogen and oxygen atoms in total. The molecule has 0 heterocycles. The van der Waals surface area contributed by atoms with Crippen molar-refractivity contribution in [1.82, 2.24) is 0 Å². The summed E-state index contributed by atoms with van der Waals surface area (Å²) in [6, 6.07) is 7.98. The van der Waals surface area contributed by atoms with Gasteiger partial charge in [-0.3, -0.25) is 4.79 Å². The van der Waals surface area contributed by atoms with Crippen molar-refractivity contribution in [3.8, 4) is 0 Å². The molecule has 1 rings (SSSR count). The fraction of sp³-hybridized carbons (Fsp3) is 0.500. The maximum Gasteiger partial charge on any atom is 0.316 e. The quantitative estimate of drug-likeness (QED) is 0.468. The van der Waals surface area contributed by atoms with Crippen LogP contribution in [0.25, 0.3) is 0 Å². The van der Waals surface area contributed by atoms with Crippen LogP contribution >= 0.6 is 11.8 Å². The average molecular weight is 267 g/mol. The normalized spacial score (nSPS) is 12.2. The third kappa shape index (κ3) is 5.56. The van der Waals surface area contributed by atoms with E-state index in [0.717, 1.165) is 23.3 Å². The van der Waals surface area contributed by atoms with Crippen molar-refractivity contribution >= 4 is 17.7 Å². The molecule has 0 amide bonds. The molecular formula is C14H21NO2S. The number of hydrogen-bond donors (Lipinski definition) is 1. The van der Waals surface area contributed by atoms with Crippen molar-refractivity contribution in [1.29, 1.82) is 0 Å². The van der Waals surface area contributed by atoms with Crippen LogP contribution < -0.4 is 5.73 Å². The van der Waals surface area contributed by atoms with Gasteiger partial charge in [-0.15, -0.1) is 11.8 Å². The Morgan fingerprint density at radius 1 is 1.50 bits per heavy atom. The van der Waals surface area contributed by atoms with Crippen molar-refractivity contribution in [3.05, 3.63) is 29.8 Å². The van der Waals surface area contributed by atoms with Crippen molar-refractivity contribution < 1.29 is 9.53 Å². The lowest BCUT2D eigenvalue weighted by Gasteiger charge is -2.08. The highest BCUT2D eigenvalue weighted by Gasteiger charge is 2.05. The van der Waals surface area contributed by atoms with Gasteiger partial charge in [0.2, 0.25) is 0 Å². The Morgan fingerprint density at radius 3 is 2.94 bits per heavy atom. The van der Waals surface area contributed by atoms with E-state index >= 15 is 0 Å². The number of unbranched alkanes of at least 4 members (excludes halogenated alkanes) is 1. The molecule has 0 bridgehead atoms. The van der Waals surface area contributed by atoms with Gasteiger partial charge in [0.05, 0.1) is 12.4 Å². The molecule has 18 heavy (non-hydrogen) atoms. The van der Waals surface area contributed by atoms with Crippen LogP contribution in [0.5, 0.6) is 0 Å². The van der Waals surface area contributed by atoms with E-state index < -0.39 is 0 Å². The zero-order valence-electron chi connectivity index (χ0n) is 11.0. The molecule has 0 aliphatic rings. The van der Waals surface area contributed by atoms with Crippen molar-refractivity contribution in [2.75, 3.05) is 12.4 Å². The second-order valence-electron chi connectivity index (χ2n) is 4.22. The van der Waals surface area contributed by atoms with Gasteiger partial charge in [0.25, 0.3) is 0 Å². The summed E-state index contributed by atoms with van der Waals surface area (Å²) >= 11 is 1.49. The van der Waals surface area contributed by atoms with Gasteiger partial charge in [-0.1, -0.05) is 25.5 Å². The Balaban J connectivity index is 2.38. The van der Waals surface area contributed by atoms with Crippen LogP contribution in [-0.4, -0.2) is 18.3 Å². The molecule has 1 atom stereocenters. The van der Waals surface area contributed by atoms with Crippen molar-refractivity contribution in [3.63, 3.8) is 0 Å². The highest BCUT2D eigenvalue weighted by molar-refractivity contribution is 8.00. The SMILES string of the molecule is CCCCOC(=O)CSc1cccc(C(C)N)c1. The van der Waals surface area contributed by atoms with E-state index in [1.54, 1.807) is 0 Å². The molecule has 100 valence electrons. The van der Waals surface area contributed by atoms with Gasteiger partial charge in [0, 0.05) is 10.9 Å². The fourth-order valence-electron chi connectivity index (χ4n) is 1.40.